The van der Waals surface area contributed by atoms with Crippen LogP contribution in [-0.2, 0) is 4.74 Å². The summed E-state index contributed by atoms with van der Waals surface area (Å²) in [7, 11) is 0. The largest absolute Gasteiger partial charge is 0.387 e. The Bertz CT molecular complexity index is 257. The lowest BCUT2D eigenvalue weighted by Crippen LogP contribution is -2.58. The molecule has 94 valence electrons. The Morgan fingerprint density at radius 2 is 1.75 bits per heavy atom. The summed E-state index contributed by atoms with van der Waals surface area (Å²) in [5, 5.41) is 7.44. The molecule has 0 amide bonds. The van der Waals surface area contributed by atoms with Crippen LogP contribution in [-0.4, -0.2) is 41.6 Å². The van der Waals surface area contributed by atoms with Crippen LogP contribution in [0.25, 0.3) is 0 Å². The van der Waals surface area contributed by atoms with Crippen molar-refractivity contribution in [3.63, 3.8) is 0 Å². The fourth-order valence-corrected chi connectivity index (χ4v) is 2.56. The first-order chi connectivity index (χ1) is 7.11. The van der Waals surface area contributed by atoms with Gasteiger partial charge >= 0.3 is 0 Å². The number of rotatable bonds is 3. The van der Waals surface area contributed by atoms with Crippen LogP contribution >= 0.6 is 0 Å². The summed E-state index contributed by atoms with van der Waals surface area (Å²) < 4.78 is 6.01. The van der Waals surface area contributed by atoms with E-state index in [0.29, 0.717) is 0 Å². The minimum absolute atomic E-state index is 0.115. The van der Waals surface area contributed by atoms with Gasteiger partial charge in [-0.3, -0.25) is 10.3 Å². The summed E-state index contributed by atoms with van der Waals surface area (Å²) >= 11 is 0. The average molecular weight is 227 g/mol. The Labute approximate surface area is 98.6 Å². The molecule has 16 heavy (non-hydrogen) atoms. The van der Waals surface area contributed by atoms with Gasteiger partial charge in [0.2, 0.25) is 0 Å². The van der Waals surface area contributed by atoms with Gasteiger partial charge in [0.25, 0.3) is 0 Å². The first-order valence-corrected chi connectivity index (χ1v) is 5.88. The Hall–Kier alpha value is -0.610. The zero-order valence-electron chi connectivity index (χ0n) is 11.1. The van der Waals surface area contributed by atoms with Gasteiger partial charge in [-0.15, -0.1) is 0 Å². The van der Waals surface area contributed by atoms with Crippen molar-refractivity contribution in [3.8, 4) is 0 Å². The van der Waals surface area contributed by atoms with Crippen LogP contribution in [0, 0.1) is 11.3 Å². The predicted octanol–water partition coefficient (Wildman–Crippen LogP) is 1.45. The summed E-state index contributed by atoms with van der Waals surface area (Å²) in [5.74, 6) is 0.381. The van der Waals surface area contributed by atoms with Crippen LogP contribution in [0.3, 0.4) is 0 Å². The van der Waals surface area contributed by atoms with Gasteiger partial charge in [0.1, 0.15) is 0 Å². The standard InChI is InChI=1S/C12H25N3O/c1-9(10(13)14)6-15-7-11(2,3)16-12(4,5)8-15/h9H,6-8H2,1-5H3,(H3,13,14). The van der Waals surface area contributed by atoms with Crippen molar-refractivity contribution in [2.45, 2.75) is 45.8 Å². The molecule has 1 unspecified atom stereocenters. The SMILES string of the molecule is CC(CN1CC(C)(C)OC(C)(C)C1)C(=N)N. The maximum absolute atomic E-state index is 7.44. The van der Waals surface area contributed by atoms with Crippen LogP contribution < -0.4 is 5.73 Å². The number of amidine groups is 1. The lowest BCUT2D eigenvalue weighted by molar-refractivity contribution is -0.181. The molecule has 1 atom stereocenters. The fraction of sp³-hybridized carbons (Fsp3) is 0.917. The van der Waals surface area contributed by atoms with E-state index in [1.807, 2.05) is 6.92 Å². The summed E-state index contributed by atoms with van der Waals surface area (Å²) in [4.78, 5) is 2.34. The van der Waals surface area contributed by atoms with Crippen molar-refractivity contribution in [1.82, 2.24) is 4.90 Å². The highest BCUT2D eigenvalue weighted by molar-refractivity contribution is 5.79. The zero-order chi connectivity index (χ0) is 12.6. The third-order valence-electron chi connectivity index (χ3n) is 2.82. The van der Waals surface area contributed by atoms with Crippen molar-refractivity contribution < 1.29 is 4.74 Å². The van der Waals surface area contributed by atoms with E-state index < -0.39 is 0 Å². The van der Waals surface area contributed by atoms with Gasteiger partial charge < -0.3 is 10.5 Å². The van der Waals surface area contributed by atoms with Gasteiger partial charge in [-0.1, -0.05) is 6.92 Å². The summed E-state index contributed by atoms with van der Waals surface area (Å²) in [5.41, 5.74) is 5.26. The van der Waals surface area contributed by atoms with Gasteiger partial charge in [0.05, 0.1) is 17.0 Å². The minimum Gasteiger partial charge on any atom is -0.387 e. The first kappa shape index (κ1) is 13.5. The van der Waals surface area contributed by atoms with E-state index in [2.05, 4.69) is 32.6 Å². The second kappa shape index (κ2) is 4.34. The smallest absolute Gasteiger partial charge is 0.0947 e. The molecule has 0 aromatic rings. The molecule has 4 nitrogen and oxygen atoms in total. The molecule has 1 aliphatic heterocycles. The molecular weight excluding hydrogens is 202 g/mol. The second-order valence-corrected chi connectivity index (χ2v) is 6.15. The summed E-state index contributed by atoms with van der Waals surface area (Å²) in [6, 6.07) is 0. The molecule has 1 rings (SSSR count). The Balaban J connectivity index is 2.64. The quantitative estimate of drug-likeness (QED) is 0.566. The number of morpholine rings is 1. The average Bonchev–Trinajstić information content (AvgIpc) is 1.96. The normalized spacial score (nSPS) is 26.3. The number of nitrogens with one attached hydrogen (secondary N) is 1. The Morgan fingerprint density at radius 3 is 2.12 bits per heavy atom. The van der Waals surface area contributed by atoms with Gasteiger partial charge in [-0.25, -0.2) is 0 Å². The maximum Gasteiger partial charge on any atom is 0.0947 e. The monoisotopic (exact) mass is 227 g/mol. The van der Waals surface area contributed by atoms with Gasteiger partial charge in [-0.05, 0) is 27.7 Å². The molecule has 0 saturated carbocycles. The molecule has 1 fully saturated rings. The van der Waals surface area contributed by atoms with E-state index in [0.717, 1.165) is 19.6 Å². The molecular formula is C12H25N3O. The molecule has 0 aromatic heterocycles. The van der Waals surface area contributed by atoms with Crippen LogP contribution in [0.1, 0.15) is 34.6 Å². The lowest BCUT2D eigenvalue weighted by atomic mass is 9.97. The molecule has 0 aliphatic carbocycles. The first-order valence-electron chi connectivity index (χ1n) is 5.88. The maximum atomic E-state index is 7.44. The number of nitrogens with two attached hydrogens (primary N) is 1. The molecule has 0 aromatic carbocycles. The van der Waals surface area contributed by atoms with E-state index >= 15 is 0 Å². The minimum atomic E-state index is -0.127. The highest BCUT2D eigenvalue weighted by atomic mass is 16.5. The van der Waals surface area contributed by atoms with Crippen LogP contribution in [0.15, 0.2) is 0 Å². The second-order valence-electron chi connectivity index (χ2n) is 6.15. The topological polar surface area (TPSA) is 62.3 Å². The Kier molecular flexibility index (Phi) is 3.65. The van der Waals surface area contributed by atoms with Gasteiger partial charge in [0, 0.05) is 25.6 Å². The molecule has 4 heteroatoms. The van der Waals surface area contributed by atoms with Crippen molar-refractivity contribution in [2.75, 3.05) is 19.6 Å². The number of hydrogen-bond donors (Lipinski definition) is 2. The molecule has 1 saturated heterocycles. The number of ether oxygens (including phenoxy) is 1. The van der Waals surface area contributed by atoms with E-state index in [1.165, 1.54) is 0 Å². The van der Waals surface area contributed by atoms with Gasteiger partial charge in [-0.2, -0.15) is 0 Å². The Morgan fingerprint density at radius 1 is 1.31 bits per heavy atom. The van der Waals surface area contributed by atoms with E-state index in [4.69, 9.17) is 15.9 Å². The van der Waals surface area contributed by atoms with Crippen molar-refractivity contribution in [1.29, 1.82) is 5.41 Å². The third-order valence-corrected chi connectivity index (χ3v) is 2.82. The number of hydrogen-bond acceptors (Lipinski definition) is 3. The van der Waals surface area contributed by atoms with Crippen LogP contribution in [0.5, 0.6) is 0 Å². The number of nitrogens with zero attached hydrogens (tertiary/aromatic N) is 1. The molecule has 0 bridgehead atoms. The van der Waals surface area contributed by atoms with Crippen LogP contribution in [0.2, 0.25) is 0 Å². The summed E-state index contributed by atoms with van der Waals surface area (Å²) in [6.45, 7) is 13.1. The summed E-state index contributed by atoms with van der Waals surface area (Å²) in [6.07, 6.45) is 0. The molecule has 0 spiro atoms. The highest BCUT2D eigenvalue weighted by Gasteiger charge is 2.38. The fourth-order valence-electron chi connectivity index (χ4n) is 2.56. The van der Waals surface area contributed by atoms with E-state index in [9.17, 15) is 0 Å². The van der Waals surface area contributed by atoms with E-state index in [1.54, 1.807) is 0 Å². The lowest BCUT2D eigenvalue weighted by Gasteiger charge is -2.47. The van der Waals surface area contributed by atoms with E-state index in [-0.39, 0.29) is 23.0 Å². The van der Waals surface area contributed by atoms with Crippen molar-refractivity contribution in [3.05, 3.63) is 0 Å². The molecule has 1 heterocycles. The predicted molar refractivity (Wildman–Crippen MR) is 66.8 cm³/mol. The van der Waals surface area contributed by atoms with Gasteiger partial charge in [0.15, 0.2) is 0 Å². The highest BCUT2D eigenvalue weighted by Crippen LogP contribution is 2.28. The zero-order valence-corrected chi connectivity index (χ0v) is 11.1. The van der Waals surface area contributed by atoms with Crippen molar-refractivity contribution in [2.24, 2.45) is 11.7 Å². The third kappa shape index (κ3) is 3.76. The molecule has 0 radical (unpaired) electrons. The van der Waals surface area contributed by atoms with Crippen molar-refractivity contribution >= 4 is 5.84 Å². The molecule has 3 N–H and O–H groups in total. The van der Waals surface area contributed by atoms with Crippen LogP contribution in [0.4, 0.5) is 0 Å². The molecule has 1 aliphatic rings.